The molecule has 11 aromatic carbocycles. The van der Waals surface area contributed by atoms with Crippen molar-refractivity contribution < 1.29 is 4.42 Å². The molecule has 5 nitrogen and oxygen atoms in total. The molecule has 13 aromatic rings. The molecule has 0 amide bonds. The smallest absolute Gasteiger partial charge is 0.159 e. The van der Waals surface area contributed by atoms with Crippen LogP contribution in [0.5, 0.6) is 0 Å². The van der Waals surface area contributed by atoms with Crippen LogP contribution in [0.15, 0.2) is 305 Å². The van der Waals surface area contributed by atoms with E-state index in [1.807, 2.05) is 12.1 Å². The maximum absolute atomic E-state index is 6.47. The Bertz CT molecular complexity index is 4490. The SMILES string of the molecule is C1=C(C2=NC(c3ccc4c(c3)oc3ccccc34)=NC(c3ccccc3)N2)C[C@H](c2ccc(-c3ccccc3)cc2)C(n2c3ccc(-c4ccccc4)cc3c3cc(-c4ccccc4)ccc32)=C1c1ccc(-c2ccccc2)cc1. The van der Waals surface area contributed by atoms with E-state index in [2.05, 4.69) is 283 Å². The highest BCUT2D eigenvalue weighted by Crippen LogP contribution is 2.49. The highest BCUT2D eigenvalue weighted by molar-refractivity contribution is 6.18. The second-order valence-electron chi connectivity index (χ2n) is 20.9. The lowest BCUT2D eigenvalue weighted by Gasteiger charge is -2.33. The predicted octanol–water partition coefficient (Wildman–Crippen LogP) is 19.0. The Hall–Kier alpha value is -10.4. The van der Waals surface area contributed by atoms with Gasteiger partial charge in [-0.25, -0.2) is 9.98 Å². The summed E-state index contributed by atoms with van der Waals surface area (Å²) in [7, 11) is 0. The molecule has 1 aliphatic heterocycles. The fraction of sp³-hybridized carbons (Fsp3) is 0.0400. The summed E-state index contributed by atoms with van der Waals surface area (Å²) in [4.78, 5) is 10.9. The van der Waals surface area contributed by atoms with Crippen LogP contribution in [-0.4, -0.2) is 16.2 Å². The number of para-hydroxylation sites is 1. The van der Waals surface area contributed by atoms with E-state index in [1.54, 1.807) is 0 Å². The second-order valence-corrected chi connectivity index (χ2v) is 20.9. The summed E-state index contributed by atoms with van der Waals surface area (Å²) in [5, 5.41) is 8.45. The average Bonchev–Trinajstić information content (AvgIpc) is 4.28. The van der Waals surface area contributed by atoms with Crippen LogP contribution in [-0.2, 0) is 0 Å². The lowest BCUT2D eigenvalue weighted by atomic mass is 9.79. The zero-order valence-corrected chi connectivity index (χ0v) is 43.7. The molecule has 2 aliphatic rings. The van der Waals surface area contributed by atoms with Crippen molar-refractivity contribution in [3.8, 4) is 44.5 Å². The minimum absolute atomic E-state index is 0.140. The van der Waals surface area contributed by atoms with Gasteiger partial charge in [-0.3, -0.25) is 0 Å². The summed E-state index contributed by atoms with van der Waals surface area (Å²) in [6, 6.07) is 100. The predicted molar refractivity (Wildman–Crippen MR) is 333 cm³/mol. The molecule has 15 rings (SSSR count). The molecule has 0 bridgehead atoms. The number of allylic oxidation sites excluding steroid dienone is 3. The summed E-state index contributed by atoms with van der Waals surface area (Å²) in [5.74, 6) is 1.30. The Morgan fingerprint density at radius 2 is 0.838 bits per heavy atom. The first-order valence-corrected chi connectivity index (χ1v) is 27.5. The van der Waals surface area contributed by atoms with Crippen LogP contribution >= 0.6 is 0 Å². The molecular formula is C75H52N4O. The minimum Gasteiger partial charge on any atom is -0.456 e. The number of hydrogen-bond acceptors (Lipinski definition) is 4. The monoisotopic (exact) mass is 1020 g/mol. The summed E-state index contributed by atoms with van der Waals surface area (Å²) >= 11 is 0. The second kappa shape index (κ2) is 19.9. The molecule has 0 saturated heterocycles. The van der Waals surface area contributed by atoms with Gasteiger partial charge in [0, 0.05) is 44.3 Å². The van der Waals surface area contributed by atoms with Crippen LogP contribution in [0.1, 0.15) is 40.8 Å². The lowest BCUT2D eigenvalue weighted by Crippen LogP contribution is -2.35. The fourth-order valence-corrected chi connectivity index (χ4v) is 12.1. The molecule has 1 aliphatic carbocycles. The van der Waals surface area contributed by atoms with Crippen LogP contribution in [0.4, 0.5) is 0 Å². The number of hydrogen-bond donors (Lipinski definition) is 1. The van der Waals surface area contributed by atoms with Crippen molar-refractivity contribution in [2.45, 2.75) is 18.5 Å². The van der Waals surface area contributed by atoms with E-state index in [-0.39, 0.29) is 5.92 Å². The van der Waals surface area contributed by atoms with Crippen LogP contribution in [0.2, 0.25) is 0 Å². The van der Waals surface area contributed by atoms with Crippen LogP contribution in [0.3, 0.4) is 0 Å². The number of nitrogens with zero attached hydrogens (tertiary/aromatic N) is 3. The summed E-state index contributed by atoms with van der Waals surface area (Å²) in [6.07, 6.45) is 2.67. The van der Waals surface area contributed by atoms with Gasteiger partial charge >= 0.3 is 0 Å². The first-order chi connectivity index (χ1) is 39.6. The molecule has 0 saturated carbocycles. The van der Waals surface area contributed by atoms with Crippen molar-refractivity contribution >= 4 is 66.7 Å². The number of benzene rings is 11. The topological polar surface area (TPSA) is 54.8 Å². The van der Waals surface area contributed by atoms with E-state index in [9.17, 15) is 0 Å². The van der Waals surface area contributed by atoms with Gasteiger partial charge in [-0.2, -0.15) is 0 Å². The van der Waals surface area contributed by atoms with E-state index in [1.165, 1.54) is 61.0 Å². The van der Waals surface area contributed by atoms with Gasteiger partial charge in [-0.05, 0) is 122 Å². The van der Waals surface area contributed by atoms with Gasteiger partial charge in [0.25, 0.3) is 0 Å². The third-order valence-electron chi connectivity index (χ3n) is 16.1. The van der Waals surface area contributed by atoms with Crippen molar-refractivity contribution in [2.24, 2.45) is 9.98 Å². The van der Waals surface area contributed by atoms with Crippen LogP contribution in [0, 0.1) is 0 Å². The van der Waals surface area contributed by atoms with E-state index in [0.717, 1.165) is 72.2 Å². The average molecular weight is 1030 g/mol. The number of amidine groups is 2. The number of rotatable bonds is 10. The third-order valence-corrected chi connectivity index (χ3v) is 16.1. The van der Waals surface area contributed by atoms with Crippen LogP contribution in [0.25, 0.3) is 99.5 Å². The molecule has 3 heterocycles. The Morgan fingerprint density at radius 1 is 0.375 bits per heavy atom. The molecule has 2 aromatic heterocycles. The molecule has 0 fully saturated rings. The standard InChI is InChI=1S/C75H52N4O/c1-6-18-49(19-7-1)53-30-34-55(35-31-53)64-46-61(75-77-73(57-26-14-5-15-27-57)76-74(78-75)60-38-41-63-62-28-16-17-29-70(62)80-71(63)48-60)47-65(56-36-32-54(33-37-56)50-20-8-2-9-21-50)72(64)79-68-42-39-58(51-22-10-3-11-23-51)44-66(68)67-45-59(40-43-69(67)79)52-24-12-4-13-25-52/h1-46,48,65,73H,47H2,(H,76,77,78)/t65-,73?/m1/s1. The van der Waals surface area contributed by atoms with Gasteiger partial charge in [-0.15, -0.1) is 0 Å². The van der Waals surface area contributed by atoms with Gasteiger partial charge in [0.15, 0.2) is 5.84 Å². The van der Waals surface area contributed by atoms with Gasteiger partial charge in [-0.1, -0.05) is 237 Å². The largest absolute Gasteiger partial charge is 0.456 e. The number of nitrogens with one attached hydrogen (secondary N) is 1. The normalized spacial score (nSPS) is 15.5. The van der Waals surface area contributed by atoms with E-state index in [0.29, 0.717) is 12.3 Å². The lowest BCUT2D eigenvalue weighted by molar-refractivity contribution is 0.665. The van der Waals surface area contributed by atoms with Crippen molar-refractivity contribution in [1.29, 1.82) is 0 Å². The highest BCUT2D eigenvalue weighted by Gasteiger charge is 2.34. The molecular weight excluding hydrogens is 973 g/mol. The minimum atomic E-state index is -0.400. The van der Waals surface area contributed by atoms with Crippen molar-refractivity contribution in [3.05, 3.63) is 313 Å². The maximum atomic E-state index is 6.47. The molecule has 0 radical (unpaired) electrons. The molecule has 0 spiro atoms. The van der Waals surface area contributed by atoms with Gasteiger partial charge in [0.05, 0.1) is 11.0 Å². The van der Waals surface area contributed by atoms with Gasteiger partial charge < -0.3 is 14.3 Å². The Balaban J connectivity index is 0.990. The fourth-order valence-electron chi connectivity index (χ4n) is 12.1. The zero-order valence-electron chi connectivity index (χ0n) is 43.7. The maximum Gasteiger partial charge on any atom is 0.159 e. The Morgan fingerprint density at radius 3 is 1.43 bits per heavy atom. The molecule has 5 heteroatoms. The summed E-state index contributed by atoms with van der Waals surface area (Å²) < 4.78 is 9.04. The Labute approximate surface area is 464 Å². The first-order valence-electron chi connectivity index (χ1n) is 27.5. The number of aliphatic imine (C=N–C) groups is 2. The first kappa shape index (κ1) is 46.9. The van der Waals surface area contributed by atoms with Crippen molar-refractivity contribution in [2.75, 3.05) is 0 Å². The van der Waals surface area contributed by atoms with Crippen molar-refractivity contribution in [3.63, 3.8) is 0 Å². The number of furan rings is 1. The number of fused-ring (bicyclic) bond motifs is 6. The van der Waals surface area contributed by atoms with Crippen molar-refractivity contribution in [1.82, 2.24) is 9.88 Å². The van der Waals surface area contributed by atoms with Crippen LogP contribution < -0.4 is 5.32 Å². The van der Waals surface area contributed by atoms with E-state index in [4.69, 9.17) is 14.4 Å². The van der Waals surface area contributed by atoms with Gasteiger partial charge in [0.2, 0.25) is 0 Å². The quantitative estimate of drug-likeness (QED) is 0.148. The zero-order chi connectivity index (χ0) is 52.9. The molecule has 378 valence electrons. The summed E-state index contributed by atoms with van der Waals surface area (Å²) in [6.45, 7) is 0. The molecule has 1 N–H and O–H groups in total. The van der Waals surface area contributed by atoms with E-state index >= 15 is 0 Å². The molecule has 80 heavy (non-hydrogen) atoms. The third kappa shape index (κ3) is 8.53. The summed E-state index contributed by atoms with van der Waals surface area (Å²) in [5.41, 5.74) is 21.1. The van der Waals surface area contributed by atoms with Gasteiger partial charge in [0.1, 0.15) is 23.2 Å². The van der Waals surface area contributed by atoms with E-state index < -0.39 is 6.17 Å². The molecule has 1 unspecified atom stereocenters. The number of aromatic nitrogens is 1. The highest BCUT2D eigenvalue weighted by atomic mass is 16.3. The Kier molecular flexibility index (Phi) is 11.7. The molecule has 2 atom stereocenters.